The summed E-state index contributed by atoms with van der Waals surface area (Å²) < 4.78 is 5.89. The van der Waals surface area contributed by atoms with Crippen molar-refractivity contribution < 1.29 is 19.4 Å². The summed E-state index contributed by atoms with van der Waals surface area (Å²) in [4.78, 5) is 24.7. The van der Waals surface area contributed by atoms with Crippen LogP contribution in [0.5, 0.6) is 5.75 Å². The van der Waals surface area contributed by atoms with E-state index in [2.05, 4.69) is 21.2 Å². The van der Waals surface area contributed by atoms with Crippen LogP contribution in [0, 0.1) is 0 Å². The maximum atomic E-state index is 12.5. The third-order valence-corrected chi connectivity index (χ3v) is 4.35. The molecule has 1 heterocycles. The molecule has 0 bridgehead atoms. The van der Waals surface area contributed by atoms with Crippen molar-refractivity contribution in [3.05, 3.63) is 58.1 Å². The van der Waals surface area contributed by atoms with E-state index in [-0.39, 0.29) is 12.2 Å². The van der Waals surface area contributed by atoms with E-state index >= 15 is 0 Å². The molecule has 0 fully saturated rings. The van der Waals surface area contributed by atoms with Gasteiger partial charge in [-0.25, -0.2) is 0 Å². The summed E-state index contributed by atoms with van der Waals surface area (Å²) in [5, 5.41) is 13.4. The van der Waals surface area contributed by atoms with Crippen LogP contribution >= 0.6 is 15.9 Å². The zero-order valence-corrected chi connectivity index (χ0v) is 13.9. The maximum absolute atomic E-state index is 12.5. The fraction of sp³-hybridized carbons (Fsp3) is 0.176. The Labute approximate surface area is 141 Å². The molecular weight excluding hydrogens is 362 g/mol. The van der Waals surface area contributed by atoms with Gasteiger partial charge in [0, 0.05) is 21.3 Å². The van der Waals surface area contributed by atoms with Crippen molar-refractivity contribution in [3.63, 3.8) is 0 Å². The summed E-state index contributed by atoms with van der Waals surface area (Å²) in [5.74, 6) is -0.419. The summed E-state index contributed by atoms with van der Waals surface area (Å²) in [5.41, 5.74) is -0.633. The topological polar surface area (TPSA) is 75.6 Å². The van der Waals surface area contributed by atoms with Crippen LogP contribution in [0.2, 0.25) is 0 Å². The second kappa shape index (κ2) is 5.79. The van der Waals surface area contributed by atoms with Gasteiger partial charge in [-0.3, -0.25) is 9.59 Å². The molecule has 1 aliphatic rings. The summed E-state index contributed by atoms with van der Waals surface area (Å²) >= 11 is 3.30. The minimum Gasteiger partial charge on any atom is -0.497 e. The molecule has 1 aliphatic heterocycles. The van der Waals surface area contributed by atoms with Crippen molar-refractivity contribution in [2.75, 3.05) is 12.4 Å². The standard InChI is InChI=1S/C17H14BrNO4/c1-23-12-5-6-14-13(8-12)17(22,16(21)19-14)9-15(20)10-3-2-4-11(18)7-10/h2-8,22H,9H2,1H3,(H,19,21)/t17-/m1/s1. The van der Waals surface area contributed by atoms with Crippen molar-refractivity contribution in [1.29, 1.82) is 0 Å². The SMILES string of the molecule is COc1ccc2c(c1)[C@](O)(CC(=O)c1cccc(Br)c1)C(=O)N2. The molecule has 5 nitrogen and oxygen atoms in total. The Morgan fingerprint density at radius 1 is 1.30 bits per heavy atom. The number of aliphatic hydroxyl groups is 1. The second-order valence-electron chi connectivity index (χ2n) is 5.34. The van der Waals surface area contributed by atoms with Crippen LogP contribution in [0.15, 0.2) is 46.9 Å². The monoisotopic (exact) mass is 375 g/mol. The molecule has 0 spiro atoms. The van der Waals surface area contributed by atoms with E-state index in [9.17, 15) is 14.7 Å². The molecule has 2 aromatic carbocycles. The number of ether oxygens (including phenoxy) is 1. The Hall–Kier alpha value is -2.18. The molecule has 0 saturated carbocycles. The van der Waals surface area contributed by atoms with Crippen molar-refractivity contribution in [2.24, 2.45) is 0 Å². The number of hydrogen-bond donors (Lipinski definition) is 2. The molecule has 0 radical (unpaired) electrons. The van der Waals surface area contributed by atoms with Gasteiger partial charge in [0.05, 0.1) is 13.5 Å². The Kier molecular flexibility index (Phi) is 3.95. The molecule has 2 N–H and O–H groups in total. The Balaban J connectivity index is 1.96. The lowest BCUT2D eigenvalue weighted by Gasteiger charge is -2.20. The predicted octanol–water partition coefficient (Wildman–Crippen LogP) is 2.87. The molecule has 1 amide bonds. The van der Waals surface area contributed by atoms with Gasteiger partial charge in [0.15, 0.2) is 11.4 Å². The zero-order chi connectivity index (χ0) is 16.6. The van der Waals surface area contributed by atoms with Crippen molar-refractivity contribution in [1.82, 2.24) is 0 Å². The number of rotatable bonds is 4. The first-order chi connectivity index (χ1) is 10.9. The molecule has 0 aliphatic carbocycles. The number of methoxy groups -OCH3 is 1. The number of nitrogens with one attached hydrogen (secondary N) is 1. The Morgan fingerprint density at radius 3 is 2.78 bits per heavy atom. The maximum Gasteiger partial charge on any atom is 0.261 e. The lowest BCUT2D eigenvalue weighted by atomic mass is 9.88. The van der Waals surface area contributed by atoms with Gasteiger partial charge in [-0.2, -0.15) is 0 Å². The molecule has 6 heteroatoms. The van der Waals surface area contributed by atoms with E-state index in [1.54, 1.807) is 42.5 Å². The third-order valence-electron chi connectivity index (χ3n) is 3.86. The number of ketones is 1. The van der Waals surface area contributed by atoms with E-state index in [4.69, 9.17) is 4.74 Å². The van der Waals surface area contributed by atoms with Crippen LogP contribution in [0.4, 0.5) is 5.69 Å². The highest BCUT2D eigenvalue weighted by Gasteiger charge is 2.47. The molecule has 23 heavy (non-hydrogen) atoms. The van der Waals surface area contributed by atoms with Crippen LogP contribution in [0.1, 0.15) is 22.3 Å². The minimum absolute atomic E-state index is 0.320. The summed E-state index contributed by atoms with van der Waals surface area (Å²) in [6, 6.07) is 11.7. The number of Topliss-reactive ketones (excluding diaryl/α,β-unsaturated/α-hetero) is 1. The van der Waals surface area contributed by atoms with Gasteiger partial charge >= 0.3 is 0 Å². The third kappa shape index (κ3) is 2.75. The van der Waals surface area contributed by atoms with Crippen LogP contribution < -0.4 is 10.1 Å². The molecule has 1 atom stereocenters. The lowest BCUT2D eigenvalue weighted by Crippen LogP contribution is -2.36. The number of carbonyl (C=O) groups excluding carboxylic acids is 2. The number of hydrogen-bond acceptors (Lipinski definition) is 4. The number of carbonyl (C=O) groups is 2. The van der Waals surface area contributed by atoms with Crippen molar-refractivity contribution in [3.8, 4) is 5.75 Å². The second-order valence-corrected chi connectivity index (χ2v) is 6.25. The number of fused-ring (bicyclic) bond motifs is 1. The first-order valence-corrected chi connectivity index (χ1v) is 7.74. The highest BCUT2D eigenvalue weighted by molar-refractivity contribution is 9.10. The molecule has 3 rings (SSSR count). The Bertz CT molecular complexity index is 805. The summed E-state index contributed by atoms with van der Waals surface area (Å²) in [6.07, 6.45) is -0.338. The first-order valence-electron chi connectivity index (χ1n) is 6.95. The van der Waals surface area contributed by atoms with Gasteiger partial charge in [0.25, 0.3) is 5.91 Å². The first kappa shape index (κ1) is 15.7. The van der Waals surface area contributed by atoms with Gasteiger partial charge in [0.1, 0.15) is 5.75 Å². The predicted molar refractivity (Wildman–Crippen MR) is 88.6 cm³/mol. The molecule has 0 unspecified atom stereocenters. The van der Waals surface area contributed by atoms with Crippen LogP contribution in [0.25, 0.3) is 0 Å². The van der Waals surface area contributed by atoms with Crippen LogP contribution in [-0.2, 0) is 10.4 Å². The molecule has 118 valence electrons. The van der Waals surface area contributed by atoms with E-state index in [0.717, 1.165) is 4.47 Å². The average Bonchev–Trinajstić information content (AvgIpc) is 2.78. The van der Waals surface area contributed by atoms with Gasteiger partial charge in [0.2, 0.25) is 0 Å². The number of anilines is 1. The molecule has 0 saturated heterocycles. The van der Waals surface area contributed by atoms with E-state index in [0.29, 0.717) is 22.6 Å². The van der Waals surface area contributed by atoms with Crippen LogP contribution in [-0.4, -0.2) is 23.9 Å². The van der Waals surface area contributed by atoms with Crippen LogP contribution in [0.3, 0.4) is 0 Å². The normalized spacial score (nSPS) is 19.2. The highest BCUT2D eigenvalue weighted by Crippen LogP contribution is 2.40. The van der Waals surface area contributed by atoms with Gasteiger partial charge < -0.3 is 15.2 Å². The fourth-order valence-corrected chi connectivity index (χ4v) is 3.02. The molecule has 0 aromatic heterocycles. The summed E-state index contributed by atoms with van der Waals surface area (Å²) in [7, 11) is 1.50. The van der Waals surface area contributed by atoms with Gasteiger partial charge in [-0.1, -0.05) is 28.1 Å². The average molecular weight is 376 g/mol. The molecular formula is C17H14BrNO4. The minimum atomic E-state index is -1.90. The summed E-state index contributed by atoms with van der Waals surface area (Å²) in [6.45, 7) is 0. The van der Waals surface area contributed by atoms with E-state index in [1.165, 1.54) is 7.11 Å². The van der Waals surface area contributed by atoms with Crippen molar-refractivity contribution >= 4 is 33.3 Å². The van der Waals surface area contributed by atoms with Crippen molar-refractivity contribution in [2.45, 2.75) is 12.0 Å². The largest absolute Gasteiger partial charge is 0.497 e. The van der Waals surface area contributed by atoms with Gasteiger partial charge in [-0.15, -0.1) is 0 Å². The number of halogens is 1. The smallest absolute Gasteiger partial charge is 0.261 e. The number of benzene rings is 2. The highest BCUT2D eigenvalue weighted by atomic mass is 79.9. The lowest BCUT2D eigenvalue weighted by molar-refractivity contribution is -0.133. The number of amides is 1. The zero-order valence-electron chi connectivity index (χ0n) is 12.3. The molecule has 2 aromatic rings. The van der Waals surface area contributed by atoms with E-state index in [1.807, 2.05) is 0 Å². The Morgan fingerprint density at radius 2 is 2.09 bits per heavy atom. The van der Waals surface area contributed by atoms with Gasteiger partial charge in [-0.05, 0) is 30.3 Å². The van der Waals surface area contributed by atoms with E-state index < -0.39 is 11.5 Å². The fourth-order valence-electron chi connectivity index (χ4n) is 2.62. The quantitative estimate of drug-likeness (QED) is 0.805.